The van der Waals surface area contributed by atoms with Gasteiger partial charge in [-0.3, -0.25) is 0 Å². The van der Waals surface area contributed by atoms with Crippen molar-refractivity contribution in [2.45, 2.75) is 0 Å². The first-order chi connectivity index (χ1) is 27.3. The van der Waals surface area contributed by atoms with E-state index in [1.807, 2.05) is 24.3 Å². The quantitative estimate of drug-likeness (QED) is 0.166. The minimum atomic E-state index is 0.676. The van der Waals surface area contributed by atoms with Crippen LogP contribution in [0.5, 0.6) is 0 Å². The molecule has 0 N–H and O–H groups in total. The van der Waals surface area contributed by atoms with E-state index < -0.39 is 0 Å². The molecule has 10 aromatic rings. The van der Waals surface area contributed by atoms with Gasteiger partial charge in [-0.2, -0.15) is 0 Å². The summed E-state index contributed by atoms with van der Waals surface area (Å²) in [5, 5.41) is 2.20. The molecule has 0 aliphatic carbocycles. The van der Waals surface area contributed by atoms with Crippen molar-refractivity contribution in [1.29, 1.82) is 0 Å². The van der Waals surface area contributed by atoms with Crippen molar-refractivity contribution < 1.29 is 4.42 Å². The molecule has 10 rings (SSSR count). The summed E-state index contributed by atoms with van der Waals surface area (Å²) in [7, 11) is 0. The number of nitrogens with zero attached hydrogens (tertiary/aromatic N) is 2. The van der Waals surface area contributed by atoms with Crippen LogP contribution in [0.25, 0.3) is 100 Å². The maximum Gasteiger partial charge on any atom is 0.161 e. The summed E-state index contributed by atoms with van der Waals surface area (Å²) in [5.41, 5.74) is 15.4. The third-order valence-corrected chi connectivity index (χ3v) is 10.3. The number of hydrogen-bond acceptors (Lipinski definition) is 3. The molecule has 0 saturated heterocycles. The molecule has 3 nitrogen and oxygen atoms in total. The number of rotatable bonds is 7. The van der Waals surface area contributed by atoms with Gasteiger partial charge in [0.05, 0.1) is 11.4 Å². The normalized spacial score (nSPS) is 11.3. The third-order valence-electron chi connectivity index (χ3n) is 10.3. The molecule has 3 heteroatoms. The number of benzene rings is 8. The Morgan fingerprint density at radius 2 is 0.727 bits per heavy atom. The van der Waals surface area contributed by atoms with Gasteiger partial charge in [0.15, 0.2) is 5.82 Å². The highest BCUT2D eigenvalue weighted by Crippen LogP contribution is 2.42. The number of hydrogen-bond donors (Lipinski definition) is 0. The fraction of sp³-hybridized carbons (Fsp3) is 0. The molecule has 0 amide bonds. The maximum absolute atomic E-state index is 6.38. The van der Waals surface area contributed by atoms with Crippen LogP contribution in [0.3, 0.4) is 0 Å². The van der Waals surface area contributed by atoms with Gasteiger partial charge in [0.25, 0.3) is 0 Å². The maximum atomic E-state index is 6.38. The second-order valence-electron chi connectivity index (χ2n) is 13.7. The van der Waals surface area contributed by atoms with Crippen LogP contribution in [-0.4, -0.2) is 9.97 Å². The van der Waals surface area contributed by atoms with Gasteiger partial charge in [0, 0.05) is 27.5 Å². The fourth-order valence-electron chi connectivity index (χ4n) is 7.73. The van der Waals surface area contributed by atoms with Gasteiger partial charge in [-0.1, -0.05) is 170 Å². The topological polar surface area (TPSA) is 38.9 Å². The van der Waals surface area contributed by atoms with Gasteiger partial charge in [-0.15, -0.1) is 0 Å². The van der Waals surface area contributed by atoms with Crippen LogP contribution in [0.15, 0.2) is 211 Å². The first kappa shape index (κ1) is 32.3. The van der Waals surface area contributed by atoms with Gasteiger partial charge in [0.1, 0.15) is 11.2 Å². The molecule has 0 aliphatic rings. The lowest BCUT2D eigenvalue weighted by atomic mass is 9.89. The highest BCUT2D eigenvalue weighted by Gasteiger charge is 2.19. The van der Waals surface area contributed by atoms with Crippen LogP contribution in [0.4, 0.5) is 0 Å². The monoisotopic (exact) mass is 702 g/mol. The average Bonchev–Trinajstić information content (AvgIpc) is 3.66. The first-order valence-corrected chi connectivity index (χ1v) is 18.6. The van der Waals surface area contributed by atoms with Crippen LogP contribution in [0, 0.1) is 0 Å². The Morgan fingerprint density at radius 1 is 0.291 bits per heavy atom. The summed E-state index contributed by atoms with van der Waals surface area (Å²) in [6.07, 6.45) is 0. The lowest BCUT2D eigenvalue weighted by Crippen LogP contribution is -1.98. The lowest BCUT2D eigenvalue weighted by Gasteiger charge is -2.16. The molecule has 2 aromatic heterocycles. The molecule has 0 bridgehead atoms. The zero-order chi connectivity index (χ0) is 36.6. The summed E-state index contributed by atoms with van der Waals surface area (Å²) in [4.78, 5) is 10.7. The zero-order valence-corrected chi connectivity index (χ0v) is 29.9. The van der Waals surface area contributed by atoms with E-state index in [-0.39, 0.29) is 0 Å². The number of para-hydroxylation sites is 1. The summed E-state index contributed by atoms with van der Waals surface area (Å²) < 4.78 is 6.38. The van der Waals surface area contributed by atoms with Crippen molar-refractivity contribution in [3.8, 4) is 78.4 Å². The lowest BCUT2D eigenvalue weighted by molar-refractivity contribution is 0.669. The Kier molecular flexibility index (Phi) is 8.16. The van der Waals surface area contributed by atoms with E-state index in [4.69, 9.17) is 14.4 Å². The minimum Gasteiger partial charge on any atom is -0.456 e. The van der Waals surface area contributed by atoms with Gasteiger partial charge in [-0.05, 0) is 80.9 Å². The highest BCUT2D eigenvalue weighted by molar-refractivity contribution is 6.12. The van der Waals surface area contributed by atoms with Crippen LogP contribution < -0.4 is 0 Å². The molecule has 258 valence electrons. The summed E-state index contributed by atoms with van der Waals surface area (Å²) >= 11 is 0. The molecular weight excluding hydrogens is 669 g/mol. The van der Waals surface area contributed by atoms with Crippen LogP contribution in [0.2, 0.25) is 0 Å². The fourth-order valence-corrected chi connectivity index (χ4v) is 7.73. The van der Waals surface area contributed by atoms with E-state index in [9.17, 15) is 0 Å². The van der Waals surface area contributed by atoms with Gasteiger partial charge < -0.3 is 4.42 Å². The molecular formula is C52H34N2O. The summed E-state index contributed by atoms with van der Waals surface area (Å²) in [6, 6.07) is 72.2. The number of furan rings is 1. The van der Waals surface area contributed by atoms with Gasteiger partial charge >= 0.3 is 0 Å². The van der Waals surface area contributed by atoms with E-state index >= 15 is 0 Å². The molecule has 0 unspecified atom stereocenters. The van der Waals surface area contributed by atoms with Crippen molar-refractivity contribution >= 4 is 21.9 Å². The van der Waals surface area contributed by atoms with Crippen molar-refractivity contribution in [1.82, 2.24) is 9.97 Å². The molecule has 0 spiro atoms. The molecule has 0 aliphatic heterocycles. The van der Waals surface area contributed by atoms with Crippen molar-refractivity contribution in [3.05, 3.63) is 206 Å². The van der Waals surface area contributed by atoms with E-state index in [2.05, 4.69) is 182 Å². The molecule has 0 radical (unpaired) electrons. The first-order valence-electron chi connectivity index (χ1n) is 18.6. The Hall–Kier alpha value is -7.36. The second kappa shape index (κ2) is 13.9. The summed E-state index contributed by atoms with van der Waals surface area (Å²) in [6.45, 7) is 0. The molecule has 0 atom stereocenters. The van der Waals surface area contributed by atoms with Gasteiger partial charge in [0.2, 0.25) is 0 Å². The third kappa shape index (κ3) is 6.08. The van der Waals surface area contributed by atoms with Gasteiger partial charge in [-0.25, -0.2) is 9.97 Å². The zero-order valence-electron chi connectivity index (χ0n) is 29.9. The standard InChI is InChI=1S/C52H34N2O/c1-4-17-35(18-5-1)41-23-10-11-25-43(41)38-31-39(44-28-16-30-50-51(44)46-27-14-15-29-49(46)55-50)33-40(32-38)48-34-47(37-21-8-3-9-22-37)53-52(54-48)45-26-13-12-24-42(45)36-19-6-2-7-20-36/h1-34H. The van der Waals surface area contributed by atoms with Crippen molar-refractivity contribution in [2.75, 3.05) is 0 Å². The molecule has 8 aromatic carbocycles. The predicted octanol–water partition coefficient (Wildman–Crippen LogP) is 14.0. The van der Waals surface area contributed by atoms with Crippen molar-refractivity contribution in [3.63, 3.8) is 0 Å². The van der Waals surface area contributed by atoms with E-state index in [1.54, 1.807) is 0 Å². The highest BCUT2D eigenvalue weighted by atomic mass is 16.3. The average molecular weight is 703 g/mol. The smallest absolute Gasteiger partial charge is 0.161 e. The molecule has 2 heterocycles. The van der Waals surface area contributed by atoms with E-state index in [0.717, 1.165) is 83.4 Å². The largest absolute Gasteiger partial charge is 0.456 e. The number of fused-ring (bicyclic) bond motifs is 3. The minimum absolute atomic E-state index is 0.676. The Balaban J connectivity index is 1.25. The number of aromatic nitrogens is 2. The van der Waals surface area contributed by atoms with E-state index in [1.165, 1.54) is 11.1 Å². The predicted molar refractivity (Wildman–Crippen MR) is 227 cm³/mol. The van der Waals surface area contributed by atoms with Crippen molar-refractivity contribution in [2.24, 2.45) is 0 Å². The van der Waals surface area contributed by atoms with Crippen LogP contribution in [-0.2, 0) is 0 Å². The summed E-state index contributed by atoms with van der Waals surface area (Å²) in [5.74, 6) is 0.676. The Morgan fingerprint density at radius 3 is 1.38 bits per heavy atom. The van der Waals surface area contributed by atoms with E-state index in [0.29, 0.717) is 5.82 Å². The Bertz CT molecular complexity index is 2970. The Labute approximate surface area is 319 Å². The molecule has 0 fully saturated rings. The van der Waals surface area contributed by atoms with Crippen LogP contribution >= 0.6 is 0 Å². The van der Waals surface area contributed by atoms with Crippen LogP contribution in [0.1, 0.15) is 0 Å². The molecule has 55 heavy (non-hydrogen) atoms. The SMILES string of the molecule is c1ccc(-c2cc(-c3cc(-c4ccccc4-c4ccccc4)cc(-c4cccc5oc6ccccc6c45)c3)nc(-c3ccccc3-c3ccccc3)n2)cc1. The molecule has 0 saturated carbocycles. The second-order valence-corrected chi connectivity index (χ2v) is 13.7.